The highest BCUT2D eigenvalue weighted by Gasteiger charge is 2.52. The van der Waals surface area contributed by atoms with Gasteiger partial charge in [-0.1, -0.05) is 0 Å². The maximum atomic E-state index is 13.0. The maximum Gasteiger partial charge on any atom is 0.314 e. The van der Waals surface area contributed by atoms with Crippen molar-refractivity contribution in [2.75, 3.05) is 0 Å². The van der Waals surface area contributed by atoms with Crippen molar-refractivity contribution in [1.82, 2.24) is 0 Å². The maximum absolute atomic E-state index is 13.0. The fourth-order valence-corrected chi connectivity index (χ4v) is 2.15. The van der Waals surface area contributed by atoms with Crippen molar-refractivity contribution in [2.45, 2.75) is 24.4 Å². The lowest BCUT2D eigenvalue weighted by molar-refractivity contribution is -0.153. The van der Waals surface area contributed by atoms with Gasteiger partial charge in [-0.3, -0.25) is 4.79 Å². The van der Waals surface area contributed by atoms with Crippen molar-refractivity contribution in [1.29, 1.82) is 0 Å². The Morgan fingerprint density at radius 1 is 1.44 bits per heavy atom. The van der Waals surface area contributed by atoms with Gasteiger partial charge in [0.2, 0.25) is 0 Å². The highest BCUT2D eigenvalue weighted by Crippen LogP contribution is 2.47. The third kappa shape index (κ3) is 1.44. The number of hydrogen-bond acceptors (Lipinski definition) is 3. The van der Waals surface area contributed by atoms with E-state index in [9.17, 15) is 19.4 Å². The molecule has 86 valence electrons. The Labute approximate surface area is 91.0 Å². The molecule has 16 heavy (non-hydrogen) atoms. The van der Waals surface area contributed by atoms with Crippen LogP contribution in [0.1, 0.15) is 18.4 Å². The molecule has 0 unspecified atom stereocenters. The highest BCUT2D eigenvalue weighted by molar-refractivity contribution is 5.84. The summed E-state index contributed by atoms with van der Waals surface area (Å²) in [6.45, 7) is 0. The molecule has 0 heterocycles. The summed E-state index contributed by atoms with van der Waals surface area (Å²) in [6.07, 6.45) is -0.711. The fourth-order valence-electron chi connectivity index (χ4n) is 2.15. The average Bonchev–Trinajstić information content (AvgIpc) is 2.16. The Balaban J connectivity index is 2.48. The zero-order chi connectivity index (χ0) is 11.9. The highest BCUT2D eigenvalue weighted by atomic mass is 19.1. The number of carbonyl (C=O) groups is 1. The fraction of sp³-hybridized carbons (Fsp3) is 0.364. The summed E-state index contributed by atoms with van der Waals surface area (Å²) in [5, 5.41) is 27.9. The van der Waals surface area contributed by atoms with E-state index in [0.29, 0.717) is 0 Å². The van der Waals surface area contributed by atoms with Gasteiger partial charge in [0, 0.05) is 5.56 Å². The zero-order valence-corrected chi connectivity index (χ0v) is 8.35. The van der Waals surface area contributed by atoms with Crippen molar-refractivity contribution in [3.63, 3.8) is 0 Å². The molecule has 1 aromatic rings. The van der Waals surface area contributed by atoms with Crippen LogP contribution in [0.15, 0.2) is 18.2 Å². The van der Waals surface area contributed by atoms with Crippen LogP contribution < -0.4 is 0 Å². The molecule has 0 radical (unpaired) electrons. The minimum absolute atomic E-state index is 0.000648. The van der Waals surface area contributed by atoms with Crippen LogP contribution in [0.4, 0.5) is 4.39 Å². The molecule has 1 fully saturated rings. The number of aliphatic hydroxyl groups excluding tert-OH is 1. The van der Waals surface area contributed by atoms with Crippen LogP contribution >= 0.6 is 0 Å². The van der Waals surface area contributed by atoms with Crippen LogP contribution in [-0.4, -0.2) is 27.4 Å². The smallest absolute Gasteiger partial charge is 0.314 e. The number of hydrogen-bond donors (Lipinski definition) is 3. The first-order valence-corrected chi connectivity index (χ1v) is 4.86. The number of halogens is 1. The summed E-state index contributed by atoms with van der Waals surface area (Å²) in [5.41, 5.74) is -1.32. The number of aliphatic carboxylic acids is 1. The van der Waals surface area contributed by atoms with Gasteiger partial charge in [0.25, 0.3) is 0 Å². The molecule has 2 rings (SSSR count). The SMILES string of the molecule is O=C(O)C1(c2cc(F)ccc2O)CC(O)C1. The number of carboxylic acid groups (broad SMARTS) is 1. The van der Waals surface area contributed by atoms with Crippen LogP contribution in [0.2, 0.25) is 0 Å². The second kappa shape index (κ2) is 3.45. The Morgan fingerprint density at radius 3 is 2.56 bits per heavy atom. The van der Waals surface area contributed by atoms with Crippen LogP contribution in [0.3, 0.4) is 0 Å². The first-order chi connectivity index (χ1) is 7.45. The monoisotopic (exact) mass is 226 g/mol. The lowest BCUT2D eigenvalue weighted by Crippen LogP contribution is -2.50. The van der Waals surface area contributed by atoms with Gasteiger partial charge >= 0.3 is 5.97 Å². The molecule has 0 aromatic heterocycles. The predicted molar refractivity (Wildman–Crippen MR) is 52.6 cm³/mol. The molecule has 0 amide bonds. The standard InChI is InChI=1S/C11H11FO4/c12-6-1-2-9(14)8(3-6)11(10(15)16)4-7(13)5-11/h1-3,7,13-14H,4-5H2,(H,15,16). The number of aromatic hydroxyl groups is 1. The second-order valence-electron chi connectivity index (χ2n) is 4.11. The van der Waals surface area contributed by atoms with Gasteiger partial charge in [-0.05, 0) is 31.0 Å². The van der Waals surface area contributed by atoms with Crippen LogP contribution in [-0.2, 0) is 10.2 Å². The summed E-state index contributed by atoms with van der Waals surface area (Å²) in [5.74, 6) is -2.01. The molecule has 0 spiro atoms. The zero-order valence-electron chi connectivity index (χ0n) is 8.35. The van der Waals surface area contributed by atoms with Gasteiger partial charge in [-0.2, -0.15) is 0 Å². The van der Waals surface area contributed by atoms with E-state index in [4.69, 9.17) is 5.11 Å². The Bertz CT molecular complexity index is 438. The van der Waals surface area contributed by atoms with Crippen LogP contribution in [0.25, 0.3) is 0 Å². The van der Waals surface area contributed by atoms with Gasteiger partial charge in [-0.15, -0.1) is 0 Å². The molecule has 1 aliphatic carbocycles. The van der Waals surface area contributed by atoms with E-state index < -0.39 is 23.3 Å². The average molecular weight is 226 g/mol. The van der Waals surface area contributed by atoms with E-state index in [2.05, 4.69) is 0 Å². The van der Waals surface area contributed by atoms with Gasteiger partial charge in [0.05, 0.1) is 6.10 Å². The summed E-state index contributed by atoms with van der Waals surface area (Å²) < 4.78 is 13.0. The van der Waals surface area contributed by atoms with Crippen LogP contribution in [0.5, 0.6) is 5.75 Å². The van der Waals surface area contributed by atoms with E-state index in [1.807, 2.05) is 0 Å². The Morgan fingerprint density at radius 2 is 2.06 bits per heavy atom. The molecular weight excluding hydrogens is 215 g/mol. The summed E-state index contributed by atoms with van der Waals surface area (Å²) in [4.78, 5) is 11.2. The van der Waals surface area contributed by atoms with Gasteiger partial charge in [0.15, 0.2) is 0 Å². The largest absolute Gasteiger partial charge is 0.508 e. The summed E-state index contributed by atoms with van der Waals surface area (Å²) >= 11 is 0. The van der Waals surface area contributed by atoms with Crippen LogP contribution in [0, 0.1) is 5.82 Å². The van der Waals surface area contributed by atoms with Gasteiger partial charge in [-0.25, -0.2) is 4.39 Å². The molecule has 3 N–H and O–H groups in total. The normalized spacial score (nSPS) is 28.5. The first-order valence-electron chi connectivity index (χ1n) is 4.86. The molecule has 5 heteroatoms. The molecule has 0 saturated heterocycles. The quantitative estimate of drug-likeness (QED) is 0.703. The number of aliphatic hydroxyl groups is 1. The minimum atomic E-state index is -1.36. The number of benzene rings is 1. The molecule has 1 saturated carbocycles. The van der Waals surface area contributed by atoms with Gasteiger partial charge < -0.3 is 15.3 Å². The van der Waals surface area contributed by atoms with Crippen molar-refractivity contribution >= 4 is 5.97 Å². The lowest BCUT2D eigenvalue weighted by Gasteiger charge is -2.42. The predicted octanol–water partition coefficient (Wildman–Crippen LogP) is 1.01. The van der Waals surface area contributed by atoms with Gasteiger partial charge in [0.1, 0.15) is 17.0 Å². The van der Waals surface area contributed by atoms with Crippen molar-refractivity contribution in [2.24, 2.45) is 0 Å². The topological polar surface area (TPSA) is 77.8 Å². The summed E-state index contributed by atoms with van der Waals surface area (Å²) in [7, 11) is 0. The van der Waals surface area contributed by atoms with E-state index in [0.717, 1.165) is 18.2 Å². The van der Waals surface area contributed by atoms with E-state index in [1.54, 1.807) is 0 Å². The van der Waals surface area contributed by atoms with E-state index in [-0.39, 0.29) is 24.2 Å². The Hall–Kier alpha value is -1.62. The molecular formula is C11H11FO4. The number of phenols is 1. The first kappa shape index (κ1) is 10.9. The molecule has 1 aromatic carbocycles. The molecule has 0 aliphatic heterocycles. The van der Waals surface area contributed by atoms with Crippen molar-refractivity contribution in [3.05, 3.63) is 29.6 Å². The number of phenolic OH excluding ortho intramolecular Hbond substituents is 1. The third-order valence-corrected chi connectivity index (χ3v) is 3.05. The Kier molecular flexibility index (Phi) is 2.35. The number of rotatable bonds is 2. The van der Waals surface area contributed by atoms with E-state index >= 15 is 0 Å². The third-order valence-electron chi connectivity index (χ3n) is 3.05. The summed E-state index contributed by atoms with van der Waals surface area (Å²) in [6, 6.07) is 3.19. The molecule has 0 atom stereocenters. The second-order valence-corrected chi connectivity index (χ2v) is 4.11. The number of carboxylic acids is 1. The molecule has 1 aliphatic rings. The lowest BCUT2D eigenvalue weighted by atomic mass is 9.62. The van der Waals surface area contributed by atoms with Crippen molar-refractivity contribution in [3.8, 4) is 5.75 Å². The van der Waals surface area contributed by atoms with Crippen molar-refractivity contribution < 1.29 is 24.5 Å². The molecule has 4 nitrogen and oxygen atoms in total. The van der Waals surface area contributed by atoms with E-state index in [1.165, 1.54) is 0 Å². The minimum Gasteiger partial charge on any atom is -0.508 e. The molecule has 0 bridgehead atoms.